The molecule has 0 fully saturated rings. The third-order valence-corrected chi connectivity index (χ3v) is 1.88. The van der Waals surface area contributed by atoms with Crippen molar-refractivity contribution in [2.75, 3.05) is 0 Å². The van der Waals surface area contributed by atoms with Crippen molar-refractivity contribution in [2.45, 2.75) is 44.5 Å². The van der Waals surface area contributed by atoms with Gasteiger partial charge in [-0.25, -0.2) is 0 Å². The lowest BCUT2D eigenvalue weighted by Crippen LogP contribution is -2.16. The lowest BCUT2D eigenvalue weighted by atomic mass is 10.1. The van der Waals surface area contributed by atoms with E-state index in [1.807, 2.05) is 13.8 Å². The number of hydrogen-bond donors (Lipinski definition) is 0. The van der Waals surface area contributed by atoms with E-state index in [1.165, 1.54) is 0 Å². The van der Waals surface area contributed by atoms with Crippen LogP contribution in [-0.2, 0) is 0 Å². The van der Waals surface area contributed by atoms with Crippen LogP contribution in [0.3, 0.4) is 0 Å². The van der Waals surface area contributed by atoms with Gasteiger partial charge in [0, 0.05) is 0 Å². The first-order chi connectivity index (χ1) is 4.68. The van der Waals surface area contributed by atoms with Crippen LogP contribution in [-0.4, -0.2) is 5.00 Å². The van der Waals surface area contributed by atoms with E-state index < -0.39 is 5.00 Å². The van der Waals surface area contributed by atoms with Crippen molar-refractivity contribution in [1.82, 2.24) is 0 Å². The number of rotatable bonds is 5. The maximum absolute atomic E-state index is 10.2. The molecule has 0 N–H and O–H groups in total. The molecule has 3 heteroatoms. The highest BCUT2D eigenvalue weighted by atomic mass is 35.5. The summed E-state index contributed by atoms with van der Waals surface area (Å²) in [6.45, 7) is 4.00. The Morgan fingerprint density at radius 2 is 1.70 bits per heavy atom. The summed E-state index contributed by atoms with van der Waals surface area (Å²) in [5, 5.41) is 2.91. The summed E-state index contributed by atoms with van der Waals surface area (Å²) in [6, 6.07) is 0. The quantitative estimate of drug-likeness (QED) is 0.348. The van der Waals surface area contributed by atoms with Crippen LogP contribution in [0.2, 0.25) is 0 Å². The molecule has 0 radical (unpaired) electrons. The lowest BCUT2D eigenvalue weighted by Gasteiger charge is -2.15. The molecule has 0 aliphatic heterocycles. The van der Waals surface area contributed by atoms with Crippen molar-refractivity contribution in [1.29, 1.82) is 0 Å². The molecule has 10 heavy (non-hydrogen) atoms. The van der Waals surface area contributed by atoms with Crippen LogP contribution in [0, 0.1) is 4.91 Å². The average molecular weight is 164 g/mol. The molecule has 0 unspecified atom stereocenters. The summed E-state index contributed by atoms with van der Waals surface area (Å²) < 4.78 is 0. The molecule has 0 atom stereocenters. The first-order valence-electron chi connectivity index (χ1n) is 3.72. The Labute approximate surface area is 66.9 Å². The molecule has 0 saturated heterocycles. The van der Waals surface area contributed by atoms with Gasteiger partial charge in [0.15, 0.2) is 5.00 Å². The van der Waals surface area contributed by atoms with Gasteiger partial charge in [-0.3, -0.25) is 0 Å². The van der Waals surface area contributed by atoms with Crippen LogP contribution in [0.25, 0.3) is 0 Å². The first-order valence-corrected chi connectivity index (χ1v) is 4.09. The van der Waals surface area contributed by atoms with Crippen LogP contribution in [0.4, 0.5) is 0 Å². The second-order valence-corrected chi connectivity index (χ2v) is 3.21. The lowest BCUT2D eigenvalue weighted by molar-refractivity contribution is 0.495. The third kappa shape index (κ3) is 3.16. The number of nitrogens with zero attached hydrogens (tertiary/aromatic N) is 1. The van der Waals surface area contributed by atoms with Gasteiger partial charge in [-0.15, -0.1) is 4.91 Å². The van der Waals surface area contributed by atoms with Gasteiger partial charge in [0.25, 0.3) is 0 Å². The zero-order valence-electron chi connectivity index (χ0n) is 6.56. The van der Waals surface area contributed by atoms with Gasteiger partial charge in [0.1, 0.15) is 0 Å². The zero-order chi connectivity index (χ0) is 8.04. The maximum Gasteiger partial charge on any atom is 0.175 e. The largest absolute Gasteiger partial charge is 0.175 e. The highest BCUT2D eigenvalue weighted by molar-refractivity contribution is 6.23. The fourth-order valence-corrected chi connectivity index (χ4v) is 1.36. The molecule has 0 aromatic carbocycles. The number of nitroso groups, excluding NO2 is 1. The van der Waals surface area contributed by atoms with Crippen LogP contribution in [0.15, 0.2) is 5.18 Å². The third-order valence-electron chi connectivity index (χ3n) is 1.43. The van der Waals surface area contributed by atoms with Gasteiger partial charge < -0.3 is 0 Å². The van der Waals surface area contributed by atoms with Crippen molar-refractivity contribution in [3.8, 4) is 0 Å². The average Bonchev–Trinajstić information content (AvgIpc) is 1.89. The first kappa shape index (κ1) is 9.89. The Morgan fingerprint density at radius 1 is 1.30 bits per heavy atom. The fourth-order valence-electron chi connectivity index (χ4n) is 0.982. The van der Waals surface area contributed by atoms with Crippen LogP contribution < -0.4 is 0 Å². The van der Waals surface area contributed by atoms with Gasteiger partial charge in [0.05, 0.1) is 0 Å². The van der Waals surface area contributed by atoms with Crippen LogP contribution >= 0.6 is 11.6 Å². The minimum Gasteiger partial charge on any atom is -0.149 e. The van der Waals surface area contributed by atoms with E-state index in [1.54, 1.807) is 0 Å². The van der Waals surface area contributed by atoms with Gasteiger partial charge in [-0.05, 0) is 18.0 Å². The van der Waals surface area contributed by atoms with Crippen LogP contribution in [0.1, 0.15) is 39.5 Å². The van der Waals surface area contributed by atoms with Gasteiger partial charge in [-0.1, -0.05) is 38.3 Å². The van der Waals surface area contributed by atoms with E-state index >= 15 is 0 Å². The second kappa shape index (κ2) is 4.67. The highest BCUT2D eigenvalue weighted by Crippen LogP contribution is 2.28. The fraction of sp³-hybridized carbons (Fsp3) is 1.00. The molecular weight excluding hydrogens is 150 g/mol. The number of hydrogen-bond acceptors (Lipinski definition) is 2. The topological polar surface area (TPSA) is 29.4 Å². The van der Waals surface area contributed by atoms with Gasteiger partial charge in [0.2, 0.25) is 0 Å². The molecule has 0 aromatic heterocycles. The Kier molecular flexibility index (Phi) is 4.62. The van der Waals surface area contributed by atoms with E-state index in [2.05, 4.69) is 5.18 Å². The smallest absolute Gasteiger partial charge is 0.149 e. The van der Waals surface area contributed by atoms with E-state index in [9.17, 15) is 4.91 Å². The van der Waals surface area contributed by atoms with E-state index in [-0.39, 0.29) is 0 Å². The molecule has 0 saturated carbocycles. The molecule has 0 bridgehead atoms. The van der Waals surface area contributed by atoms with Crippen molar-refractivity contribution in [2.24, 2.45) is 5.18 Å². The molecule has 0 amide bonds. The predicted octanol–water partition coefficient (Wildman–Crippen LogP) is 3.29. The van der Waals surface area contributed by atoms with Crippen molar-refractivity contribution >= 4 is 11.6 Å². The zero-order valence-corrected chi connectivity index (χ0v) is 7.32. The highest BCUT2D eigenvalue weighted by Gasteiger charge is 2.25. The minimum atomic E-state index is -0.816. The van der Waals surface area contributed by atoms with E-state index in [4.69, 9.17) is 11.6 Å². The van der Waals surface area contributed by atoms with Crippen molar-refractivity contribution < 1.29 is 0 Å². The summed E-state index contributed by atoms with van der Waals surface area (Å²) >= 11 is 5.84. The van der Waals surface area contributed by atoms with Crippen molar-refractivity contribution in [3.63, 3.8) is 0 Å². The Hall–Kier alpha value is -0.110. The standard InChI is InChI=1S/C7H14ClNO/c1-3-5-7(8,9-10)6-4-2/h3-6H2,1-2H3. The second-order valence-electron chi connectivity index (χ2n) is 2.51. The maximum atomic E-state index is 10.2. The number of alkyl halides is 1. The van der Waals surface area contributed by atoms with E-state index in [0.717, 1.165) is 12.8 Å². The molecular formula is C7H14ClNO. The summed E-state index contributed by atoms with van der Waals surface area (Å²) in [4.78, 5) is 9.41. The minimum absolute atomic E-state index is 0.686. The predicted molar refractivity (Wildman–Crippen MR) is 44.2 cm³/mol. The summed E-state index contributed by atoms with van der Waals surface area (Å²) in [7, 11) is 0. The number of halogens is 1. The van der Waals surface area contributed by atoms with Crippen molar-refractivity contribution in [3.05, 3.63) is 4.91 Å². The Bertz CT molecular complexity index is 99.8. The van der Waals surface area contributed by atoms with Gasteiger partial charge in [-0.2, -0.15) is 0 Å². The molecule has 2 nitrogen and oxygen atoms in total. The van der Waals surface area contributed by atoms with Gasteiger partial charge >= 0.3 is 0 Å². The molecule has 0 spiro atoms. The van der Waals surface area contributed by atoms with E-state index in [0.29, 0.717) is 12.8 Å². The molecule has 60 valence electrons. The normalized spacial score (nSPS) is 11.5. The Morgan fingerprint density at radius 3 is 1.90 bits per heavy atom. The summed E-state index contributed by atoms with van der Waals surface area (Å²) in [5.41, 5.74) is 0. The summed E-state index contributed by atoms with van der Waals surface area (Å²) in [5.74, 6) is 0. The summed E-state index contributed by atoms with van der Waals surface area (Å²) in [6.07, 6.45) is 3.20. The van der Waals surface area contributed by atoms with Crippen LogP contribution in [0.5, 0.6) is 0 Å². The SMILES string of the molecule is CCCC(Cl)(CCC)N=O. The Balaban J connectivity index is 3.81. The monoisotopic (exact) mass is 163 g/mol. The molecule has 0 heterocycles. The molecule has 0 rings (SSSR count). The molecule has 0 aliphatic carbocycles. The molecule has 0 aromatic rings. The molecule has 0 aliphatic rings.